The van der Waals surface area contributed by atoms with Gasteiger partial charge in [-0.05, 0) is 71.8 Å². The van der Waals surface area contributed by atoms with E-state index in [2.05, 4.69) is 56.5 Å². The lowest BCUT2D eigenvalue weighted by molar-refractivity contribution is 1.01. The van der Waals surface area contributed by atoms with Gasteiger partial charge in [0.05, 0.1) is 0 Å². The van der Waals surface area contributed by atoms with E-state index >= 15 is 0 Å². The number of aromatic nitrogens is 6. The fourth-order valence-electron chi connectivity index (χ4n) is 4.49. The maximum Gasteiger partial charge on any atom is 0.233 e. The molecule has 4 aromatic carbocycles. The number of nitrogens with zero attached hydrogens (tertiary/aromatic N) is 6. The van der Waals surface area contributed by atoms with Crippen LogP contribution in [0.15, 0.2) is 97.1 Å². The summed E-state index contributed by atoms with van der Waals surface area (Å²) in [5.74, 6) is 1.76. The molecule has 15 heteroatoms. The van der Waals surface area contributed by atoms with Crippen molar-refractivity contribution in [3.63, 3.8) is 0 Å². The molecule has 236 valence electrons. The Hall–Kier alpha value is -6.90. The topological polar surface area (TPSA) is 242 Å². The molecule has 0 bridgehead atoms. The Morgan fingerprint density at radius 2 is 0.851 bits per heavy atom. The molecule has 0 amide bonds. The quantitative estimate of drug-likeness (QED) is 0.0824. The number of hydrogen-bond acceptors (Lipinski definition) is 15. The van der Waals surface area contributed by atoms with Gasteiger partial charge in [0.2, 0.25) is 35.7 Å². The van der Waals surface area contributed by atoms with E-state index in [4.69, 9.17) is 22.9 Å². The molecule has 6 rings (SSSR count). The highest BCUT2D eigenvalue weighted by atomic mass is 15.3. The standard InChI is InChI=1S/C32H33N15/c33-21-5-1-4-20(14-21)18-38-29-45-31(47-32(46-29)41-26-9-3-7-23(35)16-26)39-24-12-10-19(11-13-24)17-37-28-42-27(36)43-30(44-28)40-25-8-2-6-22(34)15-25/h1-16H,17-18,33-35H2,(H4,36,37,40,42,43,44)(H3,38,39,41,45,46,47). The second-order valence-electron chi connectivity index (χ2n) is 10.4. The second kappa shape index (κ2) is 13.8. The van der Waals surface area contributed by atoms with Crippen molar-refractivity contribution in [3.05, 3.63) is 108 Å². The Balaban J connectivity index is 1.13. The van der Waals surface area contributed by atoms with E-state index in [9.17, 15) is 0 Å². The molecule has 13 N–H and O–H groups in total. The number of benzene rings is 4. The van der Waals surface area contributed by atoms with Crippen LogP contribution in [0.4, 0.5) is 69.8 Å². The molecule has 0 aliphatic heterocycles. The number of nitrogen functional groups attached to an aromatic ring is 4. The molecule has 47 heavy (non-hydrogen) atoms. The van der Waals surface area contributed by atoms with Crippen LogP contribution in [0.1, 0.15) is 11.1 Å². The first kappa shape index (κ1) is 30.1. The predicted octanol–water partition coefficient (Wildman–Crippen LogP) is 4.84. The highest BCUT2D eigenvalue weighted by molar-refractivity contribution is 5.63. The lowest BCUT2D eigenvalue weighted by Gasteiger charge is -2.12. The number of nitrogens with two attached hydrogens (primary N) is 4. The summed E-state index contributed by atoms with van der Waals surface area (Å²) in [7, 11) is 0. The van der Waals surface area contributed by atoms with Gasteiger partial charge >= 0.3 is 0 Å². The average molecular weight is 628 g/mol. The first-order valence-electron chi connectivity index (χ1n) is 14.5. The van der Waals surface area contributed by atoms with Gasteiger partial charge in [0.1, 0.15) is 0 Å². The highest BCUT2D eigenvalue weighted by Crippen LogP contribution is 2.22. The molecule has 6 aromatic rings. The summed E-state index contributed by atoms with van der Waals surface area (Å²) in [6, 6.07) is 29.9. The fourth-order valence-corrected chi connectivity index (χ4v) is 4.49. The Kier molecular flexibility index (Phi) is 8.86. The summed E-state index contributed by atoms with van der Waals surface area (Å²) in [6.07, 6.45) is 0. The Labute approximate surface area is 270 Å². The summed E-state index contributed by atoms with van der Waals surface area (Å²) < 4.78 is 0. The molecule has 15 nitrogen and oxygen atoms in total. The van der Waals surface area contributed by atoms with Crippen molar-refractivity contribution in [2.75, 3.05) is 49.5 Å². The van der Waals surface area contributed by atoms with Crippen molar-refractivity contribution < 1.29 is 0 Å². The molecular weight excluding hydrogens is 594 g/mol. The number of rotatable bonds is 12. The molecule has 0 radical (unpaired) electrons. The molecule has 0 aliphatic rings. The normalized spacial score (nSPS) is 10.6. The smallest absolute Gasteiger partial charge is 0.233 e. The largest absolute Gasteiger partial charge is 0.399 e. The van der Waals surface area contributed by atoms with Gasteiger partial charge in [-0.1, -0.05) is 36.4 Å². The van der Waals surface area contributed by atoms with Gasteiger partial charge in [-0.25, -0.2) is 0 Å². The van der Waals surface area contributed by atoms with Crippen LogP contribution in [0, 0.1) is 0 Å². The van der Waals surface area contributed by atoms with Gasteiger partial charge in [-0.3, -0.25) is 0 Å². The zero-order valence-electron chi connectivity index (χ0n) is 25.1. The van der Waals surface area contributed by atoms with Crippen molar-refractivity contribution in [2.24, 2.45) is 0 Å². The average Bonchev–Trinajstić information content (AvgIpc) is 3.03. The summed E-state index contributed by atoms with van der Waals surface area (Å²) in [5, 5.41) is 16.0. The molecule has 0 aliphatic carbocycles. The minimum atomic E-state index is 0.0807. The van der Waals surface area contributed by atoms with Gasteiger partial charge < -0.3 is 49.5 Å². The zero-order valence-corrected chi connectivity index (χ0v) is 25.1. The third-order valence-corrected chi connectivity index (χ3v) is 6.64. The van der Waals surface area contributed by atoms with Crippen LogP contribution in [-0.2, 0) is 13.1 Å². The van der Waals surface area contributed by atoms with E-state index in [0.29, 0.717) is 59.9 Å². The molecule has 2 heterocycles. The monoisotopic (exact) mass is 627 g/mol. The van der Waals surface area contributed by atoms with Crippen LogP contribution in [-0.4, -0.2) is 29.9 Å². The summed E-state index contributed by atoms with van der Waals surface area (Å²) >= 11 is 0. The zero-order chi connectivity index (χ0) is 32.6. The van der Waals surface area contributed by atoms with E-state index in [-0.39, 0.29) is 5.95 Å². The lowest BCUT2D eigenvalue weighted by atomic mass is 10.2. The number of hydrogen-bond donors (Lipinski definition) is 9. The van der Waals surface area contributed by atoms with Crippen LogP contribution >= 0.6 is 0 Å². The molecular formula is C32H33N15. The molecule has 0 unspecified atom stereocenters. The van der Waals surface area contributed by atoms with Crippen molar-refractivity contribution in [1.82, 2.24) is 29.9 Å². The van der Waals surface area contributed by atoms with Crippen molar-refractivity contribution in [1.29, 1.82) is 0 Å². The molecule has 0 atom stereocenters. The summed E-state index contributed by atoms with van der Waals surface area (Å²) in [4.78, 5) is 26.4. The van der Waals surface area contributed by atoms with Gasteiger partial charge in [-0.15, -0.1) is 0 Å². The third kappa shape index (κ3) is 8.60. The van der Waals surface area contributed by atoms with Gasteiger partial charge in [0.25, 0.3) is 0 Å². The number of anilines is 12. The van der Waals surface area contributed by atoms with Gasteiger partial charge in [0, 0.05) is 47.2 Å². The van der Waals surface area contributed by atoms with Gasteiger partial charge in [0.15, 0.2) is 0 Å². The molecule has 0 saturated carbocycles. The minimum Gasteiger partial charge on any atom is -0.399 e. The van der Waals surface area contributed by atoms with E-state index in [0.717, 1.165) is 28.2 Å². The van der Waals surface area contributed by atoms with Crippen LogP contribution in [0.3, 0.4) is 0 Å². The lowest BCUT2D eigenvalue weighted by Crippen LogP contribution is -2.10. The van der Waals surface area contributed by atoms with Crippen molar-refractivity contribution in [2.45, 2.75) is 13.1 Å². The van der Waals surface area contributed by atoms with Gasteiger partial charge in [-0.2, -0.15) is 29.9 Å². The molecule has 0 fully saturated rings. The first-order valence-corrected chi connectivity index (χ1v) is 14.5. The molecule has 2 aromatic heterocycles. The summed E-state index contributed by atoms with van der Waals surface area (Å²) in [5.41, 5.74) is 29.8. The van der Waals surface area contributed by atoms with E-state index in [1.54, 1.807) is 24.3 Å². The van der Waals surface area contributed by atoms with E-state index in [1.165, 1.54) is 0 Å². The maximum atomic E-state index is 5.96. The molecule has 0 saturated heterocycles. The first-order chi connectivity index (χ1) is 22.8. The SMILES string of the molecule is Nc1cccc(CNc2nc(Nc3ccc(CNc4nc(N)nc(Nc5cccc(N)c5)n4)cc3)nc(Nc3cccc(N)c3)n2)c1. The minimum absolute atomic E-state index is 0.0807. The van der Waals surface area contributed by atoms with Crippen LogP contribution in [0.2, 0.25) is 0 Å². The Morgan fingerprint density at radius 1 is 0.404 bits per heavy atom. The van der Waals surface area contributed by atoms with Crippen LogP contribution in [0.5, 0.6) is 0 Å². The Morgan fingerprint density at radius 3 is 1.43 bits per heavy atom. The maximum absolute atomic E-state index is 5.96. The highest BCUT2D eigenvalue weighted by Gasteiger charge is 2.10. The third-order valence-electron chi connectivity index (χ3n) is 6.64. The fraction of sp³-hybridized carbons (Fsp3) is 0.0625. The number of nitrogens with one attached hydrogen (secondary N) is 5. The Bertz CT molecular complexity index is 1980. The van der Waals surface area contributed by atoms with Crippen molar-refractivity contribution >= 4 is 69.8 Å². The predicted molar refractivity (Wildman–Crippen MR) is 188 cm³/mol. The van der Waals surface area contributed by atoms with E-state index in [1.807, 2.05) is 72.8 Å². The van der Waals surface area contributed by atoms with E-state index < -0.39 is 0 Å². The summed E-state index contributed by atoms with van der Waals surface area (Å²) in [6.45, 7) is 0.915. The van der Waals surface area contributed by atoms with Crippen molar-refractivity contribution in [3.8, 4) is 0 Å². The van der Waals surface area contributed by atoms with Crippen LogP contribution < -0.4 is 49.5 Å². The van der Waals surface area contributed by atoms with Crippen LogP contribution in [0.25, 0.3) is 0 Å². The second-order valence-corrected chi connectivity index (χ2v) is 10.4. The molecule has 0 spiro atoms.